The first-order chi connectivity index (χ1) is 14.6. The molecule has 2 unspecified atom stereocenters. The molecule has 0 radical (unpaired) electrons. The lowest BCUT2D eigenvalue weighted by Gasteiger charge is -2.43. The topological polar surface area (TPSA) is 74.0 Å². The van der Waals surface area contributed by atoms with Crippen LogP contribution in [0.1, 0.15) is 53.5 Å². The fourth-order valence-electron chi connectivity index (χ4n) is 3.28. The zero-order valence-electron chi connectivity index (χ0n) is 21.0. The number of carbonyl (C=O) groups is 1. The number of carbonyl (C=O) groups excluding carboxylic acids is 1. The third-order valence-corrected chi connectivity index (χ3v) is 10.8. The Labute approximate surface area is 193 Å². The second-order valence-corrected chi connectivity index (χ2v) is 16.0. The molecular weight excluding hydrogens is 427 g/mol. The Balaban J connectivity index is 2.09. The highest BCUT2D eigenvalue weighted by atomic mass is 28.4. The molecule has 8 heteroatoms. The zero-order chi connectivity index (χ0) is 24.3. The minimum Gasteiger partial charge on any atom is -0.444 e. The number of morpholine rings is 1. The quantitative estimate of drug-likeness (QED) is 0.449. The van der Waals surface area contributed by atoms with Gasteiger partial charge in [-0.25, -0.2) is 9.18 Å². The predicted octanol–water partition coefficient (Wildman–Crippen LogP) is 5.37. The summed E-state index contributed by atoms with van der Waals surface area (Å²) in [5.74, 6) is -0.314. The Bertz CT molecular complexity index is 769. The molecule has 182 valence electrons. The van der Waals surface area contributed by atoms with Crippen LogP contribution in [0.4, 0.5) is 14.9 Å². The van der Waals surface area contributed by atoms with Gasteiger partial charge in [-0.1, -0.05) is 26.8 Å². The van der Waals surface area contributed by atoms with Crippen LogP contribution in [0.5, 0.6) is 0 Å². The minimum absolute atomic E-state index is 0.0709. The van der Waals surface area contributed by atoms with E-state index in [0.717, 1.165) is 0 Å². The number of hydrogen-bond donors (Lipinski definition) is 1. The monoisotopic (exact) mass is 468 g/mol. The van der Waals surface area contributed by atoms with Crippen molar-refractivity contribution in [2.75, 3.05) is 25.5 Å². The molecule has 1 aromatic rings. The Kier molecular flexibility index (Phi) is 8.39. The SMILES string of the molecule is CC(C)(C)OC(=O)N1CC(CCc2c(N)cccc2F)OCC1CO[Si](C)(C)C(C)(C)C. The van der Waals surface area contributed by atoms with Gasteiger partial charge in [0.25, 0.3) is 0 Å². The molecule has 2 N–H and O–H groups in total. The van der Waals surface area contributed by atoms with Gasteiger partial charge in [0.15, 0.2) is 8.32 Å². The van der Waals surface area contributed by atoms with Crippen molar-refractivity contribution in [2.45, 2.75) is 90.3 Å². The van der Waals surface area contributed by atoms with Crippen molar-refractivity contribution in [2.24, 2.45) is 0 Å². The smallest absolute Gasteiger partial charge is 0.410 e. The summed E-state index contributed by atoms with van der Waals surface area (Å²) in [6.45, 7) is 17.6. The van der Waals surface area contributed by atoms with Crippen molar-refractivity contribution in [3.63, 3.8) is 0 Å². The van der Waals surface area contributed by atoms with Crippen LogP contribution in [0.15, 0.2) is 18.2 Å². The normalized spacial score (nSPS) is 20.3. The molecule has 1 aromatic carbocycles. The number of benzene rings is 1. The number of halogens is 1. The first-order valence-corrected chi connectivity index (χ1v) is 14.3. The third kappa shape index (κ3) is 7.18. The molecule has 1 fully saturated rings. The number of amides is 1. The molecule has 1 saturated heterocycles. The molecule has 6 nitrogen and oxygen atoms in total. The standard InChI is InChI=1S/C24H41FN2O4Si/c1-23(2,3)31-22(28)27-14-18(12-13-19-20(25)10-9-11-21(19)26)29-15-17(27)16-30-32(7,8)24(4,5)6/h9-11,17-18H,12-16,26H2,1-8H3. The van der Waals surface area contributed by atoms with Crippen LogP contribution in [-0.2, 0) is 20.3 Å². The van der Waals surface area contributed by atoms with E-state index >= 15 is 0 Å². The molecule has 0 spiro atoms. The maximum atomic E-state index is 14.1. The summed E-state index contributed by atoms with van der Waals surface area (Å²) in [7, 11) is -1.98. The summed E-state index contributed by atoms with van der Waals surface area (Å²) in [4.78, 5) is 14.7. The molecule has 1 amide bonds. The largest absolute Gasteiger partial charge is 0.444 e. The van der Waals surface area contributed by atoms with Crippen LogP contribution < -0.4 is 5.73 Å². The van der Waals surface area contributed by atoms with Crippen LogP contribution in [-0.4, -0.2) is 56.8 Å². The summed E-state index contributed by atoms with van der Waals surface area (Å²) >= 11 is 0. The van der Waals surface area contributed by atoms with Gasteiger partial charge in [-0.3, -0.25) is 4.90 Å². The molecule has 0 saturated carbocycles. The Morgan fingerprint density at radius 3 is 2.47 bits per heavy atom. The molecular formula is C24H41FN2O4Si. The number of ether oxygens (including phenoxy) is 2. The summed E-state index contributed by atoms with van der Waals surface area (Å²) in [5.41, 5.74) is 6.27. The van der Waals surface area contributed by atoms with Crippen LogP contribution >= 0.6 is 0 Å². The van der Waals surface area contributed by atoms with Crippen molar-refractivity contribution in [3.8, 4) is 0 Å². The Morgan fingerprint density at radius 1 is 1.25 bits per heavy atom. The van der Waals surface area contributed by atoms with Crippen molar-refractivity contribution < 1.29 is 23.1 Å². The third-order valence-electron chi connectivity index (χ3n) is 6.31. The molecule has 1 aliphatic heterocycles. The lowest BCUT2D eigenvalue weighted by molar-refractivity contribution is -0.0809. The van der Waals surface area contributed by atoms with E-state index in [2.05, 4.69) is 33.9 Å². The summed E-state index contributed by atoms with van der Waals surface area (Å²) in [6, 6.07) is 4.48. The van der Waals surface area contributed by atoms with Crippen LogP contribution in [0.25, 0.3) is 0 Å². The van der Waals surface area contributed by atoms with Gasteiger partial charge < -0.3 is 19.6 Å². The summed E-state index contributed by atoms with van der Waals surface area (Å²) in [5, 5.41) is 0.0709. The van der Waals surface area contributed by atoms with E-state index in [1.54, 1.807) is 17.0 Å². The first-order valence-electron chi connectivity index (χ1n) is 11.4. The van der Waals surface area contributed by atoms with Gasteiger partial charge in [0, 0.05) is 11.3 Å². The van der Waals surface area contributed by atoms with Gasteiger partial charge in [-0.15, -0.1) is 0 Å². The highest BCUT2D eigenvalue weighted by Crippen LogP contribution is 2.37. The zero-order valence-corrected chi connectivity index (χ0v) is 22.0. The maximum Gasteiger partial charge on any atom is 0.410 e. The highest BCUT2D eigenvalue weighted by Gasteiger charge is 2.40. The number of nitrogen functional groups attached to an aromatic ring is 1. The summed E-state index contributed by atoms with van der Waals surface area (Å²) < 4.78 is 32.3. The Morgan fingerprint density at radius 2 is 1.91 bits per heavy atom. The van der Waals surface area contributed by atoms with Crippen molar-refractivity contribution in [3.05, 3.63) is 29.6 Å². The number of nitrogens with zero attached hydrogens (tertiary/aromatic N) is 1. The molecule has 1 aliphatic rings. The molecule has 0 bridgehead atoms. The fraction of sp³-hybridized carbons (Fsp3) is 0.708. The second-order valence-electron chi connectivity index (χ2n) is 11.2. The number of hydrogen-bond acceptors (Lipinski definition) is 5. The average molecular weight is 469 g/mol. The van der Waals surface area contributed by atoms with Crippen molar-refractivity contribution in [1.82, 2.24) is 4.90 Å². The lowest BCUT2D eigenvalue weighted by Crippen LogP contribution is -2.56. The van der Waals surface area contributed by atoms with Crippen LogP contribution in [0.3, 0.4) is 0 Å². The Hall–Kier alpha value is -1.64. The van der Waals surface area contributed by atoms with Gasteiger partial charge >= 0.3 is 6.09 Å². The number of rotatable bonds is 6. The van der Waals surface area contributed by atoms with Crippen LogP contribution in [0, 0.1) is 5.82 Å². The van der Waals surface area contributed by atoms with Gasteiger partial charge in [-0.2, -0.15) is 0 Å². The molecule has 0 aliphatic carbocycles. The molecule has 0 aromatic heterocycles. The van der Waals surface area contributed by atoms with Gasteiger partial charge in [0.1, 0.15) is 11.4 Å². The second kappa shape index (κ2) is 10.1. The fourth-order valence-corrected chi connectivity index (χ4v) is 4.32. The number of nitrogens with two attached hydrogens (primary N) is 1. The van der Waals surface area contributed by atoms with Crippen molar-refractivity contribution >= 4 is 20.1 Å². The van der Waals surface area contributed by atoms with Gasteiger partial charge in [0.2, 0.25) is 0 Å². The van der Waals surface area contributed by atoms with E-state index in [4.69, 9.17) is 19.6 Å². The van der Waals surface area contributed by atoms with Gasteiger partial charge in [-0.05, 0) is 63.9 Å². The van der Waals surface area contributed by atoms with E-state index in [1.165, 1.54) is 6.07 Å². The van der Waals surface area contributed by atoms with E-state index in [-0.39, 0.29) is 29.1 Å². The van der Waals surface area contributed by atoms with Crippen molar-refractivity contribution in [1.29, 1.82) is 0 Å². The van der Waals surface area contributed by atoms with Gasteiger partial charge in [0.05, 0.1) is 31.9 Å². The average Bonchev–Trinajstić information content (AvgIpc) is 2.64. The van der Waals surface area contributed by atoms with E-state index in [0.29, 0.717) is 43.9 Å². The molecule has 32 heavy (non-hydrogen) atoms. The predicted molar refractivity (Wildman–Crippen MR) is 129 cm³/mol. The highest BCUT2D eigenvalue weighted by molar-refractivity contribution is 6.74. The van der Waals surface area contributed by atoms with E-state index in [1.807, 2.05) is 20.8 Å². The molecule has 1 heterocycles. The van der Waals surface area contributed by atoms with E-state index < -0.39 is 13.9 Å². The minimum atomic E-state index is -1.98. The summed E-state index contributed by atoms with van der Waals surface area (Å²) in [6.07, 6.45) is 0.391. The van der Waals surface area contributed by atoms with Crippen LogP contribution in [0.2, 0.25) is 18.1 Å². The number of anilines is 1. The molecule has 2 rings (SSSR count). The maximum absolute atomic E-state index is 14.1. The van der Waals surface area contributed by atoms with E-state index in [9.17, 15) is 9.18 Å². The first kappa shape index (κ1) is 26.6. The lowest BCUT2D eigenvalue weighted by atomic mass is 10.0. The molecule has 2 atom stereocenters.